The van der Waals surface area contributed by atoms with Gasteiger partial charge in [0, 0.05) is 6.61 Å². The topological polar surface area (TPSA) is 36.9 Å². The van der Waals surface area contributed by atoms with Gasteiger partial charge in [-0.15, -0.1) is 0 Å². The maximum absolute atomic E-state index is 5.56. The van der Waals surface area contributed by atoms with E-state index in [-0.39, 0.29) is 31.1 Å². The number of allylic oxidation sites excluding steroid dienone is 3. The van der Waals surface area contributed by atoms with E-state index in [2.05, 4.69) is 13.8 Å². The molecule has 144 valence electrons. The molecule has 0 aromatic rings. The Morgan fingerprint density at radius 1 is 1.04 bits per heavy atom. The molecule has 0 heterocycles. The zero-order valence-electron chi connectivity index (χ0n) is 16.4. The summed E-state index contributed by atoms with van der Waals surface area (Å²) in [7, 11) is 0. The molecule has 0 unspecified atom stereocenters. The van der Waals surface area contributed by atoms with E-state index in [1.54, 1.807) is 0 Å². The predicted octanol–water partition coefficient (Wildman–Crippen LogP) is 4.87. The van der Waals surface area contributed by atoms with Gasteiger partial charge in [0.25, 0.3) is 0 Å². The van der Waals surface area contributed by atoms with E-state index in [0.717, 1.165) is 44.5 Å². The molecule has 0 aromatic carbocycles. The third-order valence-electron chi connectivity index (χ3n) is 3.41. The largest absolute Gasteiger partial charge is 2.00 e. The summed E-state index contributed by atoms with van der Waals surface area (Å²) in [5, 5.41) is 0. The van der Waals surface area contributed by atoms with Crippen LogP contribution in [-0.2, 0) is 18.9 Å². The molecule has 4 nitrogen and oxygen atoms in total. The van der Waals surface area contributed by atoms with Gasteiger partial charge in [-0.2, -0.15) is 6.42 Å². The van der Waals surface area contributed by atoms with Crippen molar-refractivity contribution in [3.8, 4) is 0 Å². The minimum Gasteiger partial charge on any atom is -0.530 e. The molecule has 0 atom stereocenters. The molecular weight excluding hydrogens is 542 g/mol. The fraction of sp³-hybridized carbons (Fsp3) is 0.700. The molecule has 1 fully saturated rings. The summed E-state index contributed by atoms with van der Waals surface area (Å²) in [6, 6.07) is 0. The second kappa shape index (κ2) is 20.4. The van der Waals surface area contributed by atoms with E-state index in [9.17, 15) is 0 Å². The summed E-state index contributed by atoms with van der Waals surface area (Å²) in [6.45, 7) is 16.9. The average molecular weight is 579 g/mol. The van der Waals surface area contributed by atoms with Gasteiger partial charge in [-0.1, -0.05) is 6.92 Å². The van der Waals surface area contributed by atoms with E-state index in [1.165, 1.54) is 11.1 Å². The van der Waals surface area contributed by atoms with Gasteiger partial charge in [-0.05, 0) is 57.3 Å². The molecule has 1 rings (SSSR count). The molecule has 0 bridgehead atoms. The molecule has 0 N–H and O–H groups in total. The number of rotatable bonds is 10. The Morgan fingerprint density at radius 3 is 2.32 bits per heavy atom. The molecule has 0 aromatic heterocycles. The van der Waals surface area contributed by atoms with Crippen LogP contribution < -0.4 is 0 Å². The monoisotopic (exact) mass is 578 g/mol. The van der Waals surface area contributed by atoms with E-state index in [0.29, 0.717) is 33.0 Å². The quantitative estimate of drug-likeness (QED) is 0.211. The van der Waals surface area contributed by atoms with Gasteiger partial charge < -0.3 is 32.8 Å². The van der Waals surface area contributed by atoms with E-state index in [4.69, 9.17) is 18.9 Å². The Hall–Kier alpha value is 0.0519. The van der Waals surface area contributed by atoms with Crippen LogP contribution in [0.15, 0.2) is 23.2 Å². The second-order valence-corrected chi connectivity index (χ2v) is 5.49. The van der Waals surface area contributed by atoms with Crippen molar-refractivity contribution in [2.24, 2.45) is 0 Å². The van der Waals surface area contributed by atoms with Gasteiger partial charge in [0.2, 0.25) is 0 Å². The smallest absolute Gasteiger partial charge is 0.530 e. The fourth-order valence-electron chi connectivity index (χ4n) is 2.28. The fourth-order valence-corrected chi connectivity index (χ4v) is 2.28. The van der Waals surface area contributed by atoms with Crippen molar-refractivity contribution < 1.29 is 50.1 Å². The summed E-state index contributed by atoms with van der Waals surface area (Å²) in [4.78, 5) is 0. The van der Waals surface area contributed by atoms with Crippen LogP contribution in [0.5, 0.6) is 0 Å². The summed E-state index contributed by atoms with van der Waals surface area (Å²) in [6.07, 6.45) is 7.23. The van der Waals surface area contributed by atoms with Gasteiger partial charge in [0.15, 0.2) is 0 Å². The minimum atomic E-state index is 0. The van der Waals surface area contributed by atoms with Gasteiger partial charge in [-0.25, -0.2) is 0 Å². The first-order valence-electron chi connectivity index (χ1n) is 9.04. The first-order chi connectivity index (χ1) is 11.7. The van der Waals surface area contributed by atoms with Crippen LogP contribution in [0.25, 0.3) is 0 Å². The van der Waals surface area contributed by atoms with Crippen molar-refractivity contribution >= 4 is 0 Å². The third kappa shape index (κ3) is 16.0. The first kappa shape index (κ1) is 27.3. The molecule has 1 aliphatic rings. The van der Waals surface area contributed by atoms with Crippen LogP contribution in [0, 0.1) is 45.0 Å². The average Bonchev–Trinajstić information content (AvgIpc) is 2.58. The second-order valence-electron chi connectivity index (χ2n) is 5.49. The molecule has 5 heteroatoms. The van der Waals surface area contributed by atoms with E-state index < -0.39 is 0 Å². The summed E-state index contributed by atoms with van der Waals surface area (Å²) >= 11 is 0. The molecule has 1 saturated carbocycles. The zero-order valence-corrected chi connectivity index (χ0v) is 20.6. The summed E-state index contributed by atoms with van der Waals surface area (Å²) < 4.78 is 21.6. The molecule has 0 amide bonds. The number of hydrogen-bond acceptors (Lipinski definition) is 4. The Labute approximate surface area is 179 Å². The first-order valence-corrected chi connectivity index (χ1v) is 9.04. The van der Waals surface area contributed by atoms with Crippen molar-refractivity contribution in [3.05, 3.63) is 37.0 Å². The molecule has 1 aliphatic carbocycles. The predicted molar refractivity (Wildman–Crippen MR) is 99.5 cm³/mol. The molecule has 0 radical (unpaired) electrons. The van der Waals surface area contributed by atoms with Crippen molar-refractivity contribution in [1.82, 2.24) is 0 Å². The van der Waals surface area contributed by atoms with Crippen molar-refractivity contribution in [3.63, 3.8) is 0 Å². The van der Waals surface area contributed by atoms with Crippen LogP contribution in [-0.4, -0.2) is 39.6 Å². The molecule has 0 saturated heterocycles. The van der Waals surface area contributed by atoms with Crippen LogP contribution in [0.1, 0.15) is 52.9 Å². The Morgan fingerprint density at radius 2 is 1.68 bits per heavy atom. The van der Waals surface area contributed by atoms with Gasteiger partial charge >= 0.3 is 31.1 Å². The molecule has 25 heavy (non-hydrogen) atoms. The van der Waals surface area contributed by atoms with Crippen molar-refractivity contribution in [1.29, 1.82) is 0 Å². The van der Waals surface area contributed by atoms with Crippen molar-refractivity contribution in [2.75, 3.05) is 39.6 Å². The Kier molecular flexibility index (Phi) is 22.2. The zero-order chi connectivity index (χ0) is 18.0. The Bertz CT molecular complexity index is 354. The van der Waals surface area contributed by atoms with Crippen molar-refractivity contribution in [2.45, 2.75) is 52.9 Å². The van der Waals surface area contributed by atoms with E-state index >= 15 is 0 Å². The normalized spacial score (nSPS) is 17.2. The van der Waals surface area contributed by atoms with E-state index in [1.807, 2.05) is 27.0 Å². The standard InChI is InChI=1S/C17H29O4.C3H7.U/c1-4-18-9-10-19-11-12-20-14-16-7-6-8-17(13-16)15(3)21-5-2;1-3-2;/h14H,2,4-13H2,1,3H3;1,3H2,2H3;/q2*-1;+2/b16-14-,17-15-;;. The van der Waals surface area contributed by atoms with Gasteiger partial charge in [-0.3, -0.25) is 0 Å². The van der Waals surface area contributed by atoms with Crippen LogP contribution in [0.2, 0.25) is 0 Å². The summed E-state index contributed by atoms with van der Waals surface area (Å²) in [5.74, 6) is 1.02. The SMILES string of the molecule is [CH2-]CC.[CH2-]CO/C(C)=C1/CCC/C(=C/OCCOCCOCC)C1.[U+2]. The third-order valence-corrected chi connectivity index (χ3v) is 3.41. The Balaban J connectivity index is 0. The maximum atomic E-state index is 5.56. The molecule has 0 aliphatic heterocycles. The van der Waals surface area contributed by atoms with Gasteiger partial charge in [0.1, 0.15) is 6.61 Å². The van der Waals surface area contributed by atoms with Gasteiger partial charge in [0.05, 0.1) is 31.8 Å². The summed E-state index contributed by atoms with van der Waals surface area (Å²) in [5.41, 5.74) is 2.70. The maximum Gasteiger partial charge on any atom is 2.00 e. The minimum absolute atomic E-state index is 0. The molecular formula is C20H36O4U. The van der Waals surface area contributed by atoms with Crippen LogP contribution >= 0.6 is 0 Å². The molecule has 0 spiro atoms. The van der Waals surface area contributed by atoms with Crippen LogP contribution in [0.3, 0.4) is 0 Å². The number of hydrogen-bond donors (Lipinski definition) is 0. The van der Waals surface area contributed by atoms with Crippen LogP contribution in [0.4, 0.5) is 0 Å². The number of ether oxygens (including phenoxy) is 4.